The molecule has 100 valence electrons. The van der Waals surface area contributed by atoms with Crippen LogP contribution in [0.1, 0.15) is 10.6 Å². The average Bonchev–Trinajstić information content (AvgIpc) is 2.79. The van der Waals surface area contributed by atoms with Gasteiger partial charge < -0.3 is 5.32 Å². The van der Waals surface area contributed by atoms with Crippen molar-refractivity contribution in [3.8, 4) is 0 Å². The first kappa shape index (κ1) is 12.8. The Labute approximate surface area is 121 Å². The van der Waals surface area contributed by atoms with E-state index in [4.69, 9.17) is 0 Å². The zero-order chi connectivity index (χ0) is 13.9. The number of nitrogens with zero attached hydrogens (tertiary/aromatic N) is 1. The third-order valence-electron chi connectivity index (χ3n) is 2.99. The summed E-state index contributed by atoms with van der Waals surface area (Å²) < 4.78 is 1.14. The Hall–Kier alpha value is -2.20. The maximum atomic E-state index is 12.0. The molecule has 0 aliphatic carbocycles. The molecule has 0 unspecified atom stereocenters. The predicted molar refractivity (Wildman–Crippen MR) is 83.1 cm³/mol. The van der Waals surface area contributed by atoms with E-state index >= 15 is 0 Å². The molecule has 0 radical (unpaired) electrons. The molecular weight excluding hydrogens is 268 g/mol. The summed E-state index contributed by atoms with van der Waals surface area (Å²) in [5.41, 5.74) is 2.74. The van der Waals surface area contributed by atoms with Crippen molar-refractivity contribution < 1.29 is 4.79 Å². The van der Waals surface area contributed by atoms with Crippen molar-refractivity contribution >= 4 is 33.1 Å². The lowest BCUT2D eigenvalue weighted by Crippen LogP contribution is -2.14. The Morgan fingerprint density at radius 1 is 1.20 bits per heavy atom. The van der Waals surface area contributed by atoms with Gasteiger partial charge in [-0.15, -0.1) is 11.3 Å². The average molecular weight is 282 g/mol. The van der Waals surface area contributed by atoms with Crippen LogP contribution in [0.25, 0.3) is 10.2 Å². The number of anilines is 1. The zero-order valence-electron chi connectivity index (χ0n) is 11.1. The van der Waals surface area contributed by atoms with Gasteiger partial charge in [0, 0.05) is 5.69 Å². The number of aromatic nitrogens is 1. The number of thiazole rings is 1. The first-order valence-corrected chi connectivity index (χ1v) is 7.23. The Bertz CT molecular complexity index is 750. The number of nitrogens with one attached hydrogen (secondary N) is 1. The molecule has 2 aromatic carbocycles. The summed E-state index contributed by atoms with van der Waals surface area (Å²) in [5, 5.41) is 3.95. The zero-order valence-corrected chi connectivity index (χ0v) is 11.9. The fourth-order valence-electron chi connectivity index (χ4n) is 2.11. The van der Waals surface area contributed by atoms with Gasteiger partial charge in [0.1, 0.15) is 0 Å². The van der Waals surface area contributed by atoms with Gasteiger partial charge >= 0.3 is 0 Å². The Morgan fingerprint density at radius 3 is 2.80 bits per heavy atom. The Morgan fingerprint density at radius 2 is 2.00 bits per heavy atom. The molecule has 0 spiro atoms. The van der Waals surface area contributed by atoms with E-state index in [0.717, 1.165) is 26.5 Å². The highest BCUT2D eigenvalue weighted by atomic mass is 32.1. The predicted octanol–water partition coefficient (Wildman–Crippen LogP) is 3.79. The summed E-state index contributed by atoms with van der Waals surface area (Å²) in [7, 11) is 0. The van der Waals surface area contributed by atoms with E-state index in [1.54, 1.807) is 11.3 Å². The molecule has 0 saturated carbocycles. The summed E-state index contributed by atoms with van der Waals surface area (Å²) in [6, 6.07) is 15.6. The van der Waals surface area contributed by atoms with E-state index in [1.807, 2.05) is 55.5 Å². The molecule has 1 aromatic heterocycles. The monoisotopic (exact) mass is 282 g/mol. The van der Waals surface area contributed by atoms with Crippen LogP contribution in [0.15, 0.2) is 48.5 Å². The second-order valence-electron chi connectivity index (χ2n) is 4.63. The summed E-state index contributed by atoms with van der Waals surface area (Å²) >= 11 is 1.66. The smallest absolute Gasteiger partial charge is 0.228 e. The van der Waals surface area contributed by atoms with Gasteiger partial charge in [-0.3, -0.25) is 4.79 Å². The number of hydrogen-bond donors (Lipinski definition) is 1. The molecule has 20 heavy (non-hydrogen) atoms. The fourth-order valence-corrected chi connectivity index (χ4v) is 2.91. The molecule has 1 amide bonds. The van der Waals surface area contributed by atoms with E-state index < -0.39 is 0 Å². The lowest BCUT2D eigenvalue weighted by molar-refractivity contribution is -0.115. The normalized spacial score (nSPS) is 10.7. The molecule has 0 atom stereocenters. The molecule has 1 N–H and O–H groups in total. The maximum Gasteiger partial charge on any atom is 0.228 e. The molecule has 0 saturated heterocycles. The number of carbonyl (C=O) groups excluding carboxylic acids is 1. The van der Waals surface area contributed by atoms with Crippen molar-refractivity contribution in [3.63, 3.8) is 0 Å². The fraction of sp³-hybridized carbons (Fsp3) is 0.125. The third-order valence-corrected chi connectivity index (χ3v) is 3.94. The van der Waals surface area contributed by atoms with Gasteiger partial charge in [0.15, 0.2) is 0 Å². The number of benzene rings is 2. The van der Waals surface area contributed by atoms with E-state index in [1.165, 1.54) is 0 Å². The van der Waals surface area contributed by atoms with Crippen molar-refractivity contribution in [2.75, 3.05) is 5.32 Å². The molecule has 0 fully saturated rings. The second kappa shape index (κ2) is 5.43. The van der Waals surface area contributed by atoms with E-state index in [-0.39, 0.29) is 5.91 Å². The SMILES string of the molecule is Cc1nc2cc(NC(=O)Cc3ccccc3)ccc2s1. The summed E-state index contributed by atoms with van der Waals surface area (Å²) in [4.78, 5) is 16.4. The Kier molecular flexibility index (Phi) is 3.48. The van der Waals surface area contributed by atoms with E-state index in [2.05, 4.69) is 10.3 Å². The molecule has 0 bridgehead atoms. The maximum absolute atomic E-state index is 12.0. The topological polar surface area (TPSA) is 42.0 Å². The van der Waals surface area contributed by atoms with Gasteiger partial charge in [0.05, 0.1) is 21.6 Å². The van der Waals surface area contributed by atoms with Crippen LogP contribution >= 0.6 is 11.3 Å². The number of carbonyl (C=O) groups is 1. The van der Waals surface area contributed by atoms with Gasteiger partial charge in [-0.05, 0) is 30.7 Å². The number of rotatable bonds is 3. The van der Waals surface area contributed by atoms with Crippen molar-refractivity contribution in [2.45, 2.75) is 13.3 Å². The van der Waals surface area contributed by atoms with Crippen molar-refractivity contribution in [1.82, 2.24) is 4.98 Å². The third kappa shape index (κ3) is 2.86. The van der Waals surface area contributed by atoms with Crippen molar-refractivity contribution in [2.24, 2.45) is 0 Å². The first-order valence-electron chi connectivity index (χ1n) is 6.42. The molecule has 1 heterocycles. The molecular formula is C16H14N2OS. The molecule has 3 rings (SSSR count). The highest BCUT2D eigenvalue weighted by Crippen LogP contribution is 2.24. The van der Waals surface area contributed by atoms with Crippen LogP contribution < -0.4 is 5.32 Å². The molecule has 0 aliphatic rings. The van der Waals surface area contributed by atoms with Gasteiger partial charge in [-0.1, -0.05) is 30.3 Å². The molecule has 4 heteroatoms. The minimum absolute atomic E-state index is 0.0116. The highest BCUT2D eigenvalue weighted by Gasteiger charge is 2.06. The van der Waals surface area contributed by atoms with Gasteiger partial charge in [-0.2, -0.15) is 0 Å². The quantitative estimate of drug-likeness (QED) is 0.794. The van der Waals surface area contributed by atoms with Crippen LogP contribution in [0.3, 0.4) is 0 Å². The van der Waals surface area contributed by atoms with E-state index in [0.29, 0.717) is 6.42 Å². The molecule has 3 nitrogen and oxygen atoms in total. The number of aryl methyl sites for hydroxylation is 1. The number of fused-ring (bicyclic) bond motifs is 1. The Balaban J connectivity index is 1.74. The van der Waals surface area contributed by atoms with Crippen LogP contribution in [-0.4, -0.2) is 10.9 Å². The number of amides is 1. The highest BCUT2D eigenvalue weighted by molar-refractivity contribution is 7.18. The standard InChI is InChI=1S/C16H14N2OS/c1-11-17-14-10-13(7-8-15(14)20-11)18-16(19)9-12-5-3-2-4-6-12/h2-8,10H,9H2,1H3,(H,18,19). The first-order chi connectivity index (χ1) is 9.70. The van der Waals surface area contributed by atoms with E-state index in [9.17, 15) is 4.79 Å². The van der Waals surface area contributed by atoms with Gasteiger partial charge in [0.2, 0.25) is 5.91 Å². The van der Waals surface area contributed by atoms with Gasteiger partial charge in [-0.25, -0.2) is 4.98 Å². The second-order valence-corrected chi connectivity index (χ2v) is 5.86. The molecule has 0 aliphatic heterocycles. The van der Waals surface area contributed by atoms with Crippen molar-refractivity contribution in [3.05, 3.63) is 59.1 Å². The van der Waals surface area contributed by atoms with Crippen LogP contribution in [0.5, 0.6) is 0 Å². The summed E-state index contributed by atoms with van der Waals surface area (Å²) in [6.07, 6.45) is 0.384. The number of hydrogen-bond acceptors (Lipinski definition) is 3. The lowest BCUT2D eigenvalue weighted by atomic mass is 10.1. The lowest BCUT2D eigenvalue weighted by Gasteiger charge is -2.05. The van der Waals surface area contributed by atoms with Gasteiger partial charge in [0.25, 0.3) is 0 Å². The van der Waals surface area contributed by atoms with Crippen molar-refractivity contribution in [1.29, 1.82) is 0 Å². The summed E-state index contributed by atoms with van der Waals surface area (Å²) in [6.45, 7) is 1.98. The minimum atomic E-state index is -0.0116. The largest absolute Gasteiger partial charge is 0.326 e. The van der Waals surface area contributed by atoms with Crippen LogP contribution in [0.2, 0.25) is 0 Å². The summed E-state index contributed by atoms with van der Waals surface area (Å²) in [5.74, 6) is -0.0116. The molecule has 3 aromatic rings. The minimum Gasteiger partial charge on any atom is -0.326 e. The van der Waals surface area contributed by atoms with Crippen LogP contribution in [-0.2, 0) is 11.2 Å². The van der Waals surface area contributed by atoms with Crippen LogP contribution in [0.4, 0.5) is 5.69 Å². The van der Waals surface area contributed by atoms with Crippen LogP contribution in [0, 0.1) is 6.92 Å².